The first-order valence-electron chi connectivity index (χ1n) is 3.60. The van der Waals surface area contributed by atoms with Gasteiger partial charge in [-0.25, -0.2) is 0 Å². The van der Waals surface area contributed by atoms with Crippen LogP contribution in [-0.2, 0) is 0 Å². The summed E-state index contributed by atoms with van der Waals surface area (Å²) in [6, 6.07) is 8.09. The van der Waals surface area contributed by atoms with E-state index >= 15 is 0 Å². The molecule has 2 aromatic rings. The van der Waals surface area contributed by atoms with Crippen molar-refractivity contribution in [3.8, 4) is 10.6 Å². The van der Waals surface area contributed by atoms with Crippen molar-refractivity contribution in [2.75, 3.05) is 5.73 Å². The lowest BCUT2D eigenvalue weighted by Crippen LogP contribution is -1.80. The van der Waals surface area contributed by atoms with E-state index in [0.717, 1.165) is 10.6 Å². The zero-order chi connectivity index (χ0) is 9.26. The fraction of sp³-hybridized carbons (Fsp3) is 0. The number of benzene rings is 1. The summed E-state index contributed by atoms with van der Waals surface area (Å²) in [7, 11) is 0. The Morgan fingerprint density at radius 1 is 1.31 bits per heavy atom. The van der Waals surface area contributed by atoms with Crippen LogP contribution < -0.4 is 5.73 Å². The number of nitrogens with two attached hydrogens (primary N) is 1. The molecule has 0 unspecified atom stereocenters. The molecule has 1 aromatic heterocycles. The Morgan fingerprint density at radius 2 is 2.15 bits per heavy atom. The van der Waals surface area contributed by atoms with Gasteiger partial charge >= 0.3 is 0 Å². The largest absolute Gasteiger partial charge is 0.374 e. The van der Waals surface area contributed by atoms with E-state index in [4.69, 9.17) is 5.73 Å². The third-order valence-corrected chi connectivity index (χ3v) is 2.98. The van der Waals surface area contributed by atoms with Crippen molar-refractivity contribution in [2.24, 2.45) is 0 Å². The Morgan fingerprint density at radius 3 is 2.77 bits per heavy atom. The zero-order valence-corrected chi connectivity index (χ0v) is 9.54. The fourth-order valence-corrected chi connectivity index (χ4v) is 2.12. The van der Waals surface area contributed by atoms with E-state index in [1.165, 1.54) is 14.9 Å². The number of nitrogen functional groups attached to an aromatic ring is 1. The monoisotopic (exact) mass is 303 g/mol. The van der Waals surface area contributed by atoms with Crippen LogP contribution in [0.25, 0.3) is 10.6 Å². The van der Waals surface area contributed by atoms with E-state index in [1.807, 2.05) is 18.2 Å². The van der Waals surface area contributed by atoms with Gasteiger partial charge in [-0.15, -0.1) is 10.2 Å². The summed E-state index contributed by atoms with van der Waals surface area (Å²) in [5, 5.41) is 9.11. The molecule has 2 rings (SSSR count). The molecule has 1 heterocycles. The maximum Gasteiger partial charge on any atom is 0.203 e. The highest BCUT2D eigenvalue weighted by Crippen LogP contribution is 2.25. The molecule has 0 bridgehead atoms. The van der Waals surface area contributed by atoms with Crippen LogP contribution in [0, 0.1) is 3.57 Å². The van der Waals surface area contributed by atoms with Gasteiger partial charge in [-0.2, -0.15) is 0 Å². The first kappa shape index (κ1) is 8.89. The maximum atomic E-state index is 5.50. The minimum Gasteiger partial charge on any atom is -0.374 e. The van der Waals surface area contributed by atoms with E-state index < -0.39 is 0 Å². The topological polar surface area (TPSA) is 51.8 Å². The van der Waals surface area contributed by atoms with Gasteiger partial charge in [0, 0.05) is 9.13 Å². The third-order valence-electron chi connectivity index (χ3n) is 1.51. The third kappa shape index (κ3) is 1.97. The van der Waals surface area contributed by atoms with Crippen LogP contribution in [0.5, 0.6) is 0 Å². The molecule has 13 heavy (non-hydrogen) atoms. The van der Waals surface area contributed by atoms with Gasteiger partial charge in [0.2, 0.25) is 5.13 Å². The molecule has 2 N–H and O–H groups in total. The van der Waals surface area contributed by atoms with E-state index in [9.17, 15) is 0 Å². The maximum absolute atomic E-state index is 5.50. The molecular weight excluding hydrogens is 297 g/mol. The summed E-state index contributed by atoms with van der Waals surface area (Å²) in [6.07, 6.45) is 0. The van der Waals surface area contributed by atoms with E-state index in [2.05, 4.69) is 38.9 Å². The first-order chi connectivity index (χ1) is 6.25. The second-order valence-corrected chi connectivity index (χ2v) is 4.71. The lowest BCUT2D eigenvalue weighted by Gasteiger charge is -1.94. The molecular formula is C8H6IN3S. The highest BCUT2D eigenvalue weighted by atomic mass is 127. The molecule has 5 heteroatoms. The lowest BCUT2D eigenvalue weighted by atomic mass is 10.2. The molecule has 0 aliphatic rings. The second kappa shape index (κ2) is 3.59. The zero-order valence-electron chi connectivity index (χ0n) is 6.57. The van der Waals surface area contributed by atoms with Gasteiger partial charge in [-0.1, -0.05) is 23.5 Å². The van der Waals surface area contributed by atoms with Gasteiger partial charge in [0.25, 0.3) is 0 Å². The molecule has 0 atom stereocenters. The molecule has 0 aliphatic carbocycles. The average Bonchev–Trinajstić information content (AvgIpc) is 2.52. The predicted octanol–water partition coefficient (Wildman–Crippen LogP) is 2.39. The molecule has 1 aromatic carbocycles. The Balaban J connectivity index is 2.46. The van der Waals surface area contributed by atoms with Crippen molar-refractivity contribution in [3.05, 3.63) is 27.8 Å². The number of nitrogens with zero attached hydrogens (tertiary/aromatic N) is 2. The Bertz CT molecular complexity index is 427. The molecule has 3 nitrogen and oxygen atoms in total. The Labute approximate surface area is 93.1 Å². The van der Waals surface area contributed by atoms with Crippen LogP contribution in [0.3, 0.4) is 0 Å². The van der Waals surface area contributed by atoms with Crippen LogP contribution in [0.4, 0.5) is 5.13 Å². The number of rotatable bonds is 1. The van der Waals surface area contributed by atoms with Crippen molar-refractivity contribution >= 4 is 39.1 Å². The summed E-state index contributed by atoms with van der Waals surface area (Å²) >= 11 is 3.67. The predicted molar refractivity (Wildman–Crippen MR) is 62.5 cm³/mol. The summed E-state index contributed by atoms with van der Waals surface area (Å²) in [6.45, 7) is 0. The van der Waals surface area contributed by atoms with Crippen molar-refractivity contribution in [2.45, 2.75) is 0 Å². The van der Waals surface area contributed by atoms with Crippen LogP contribution in [0.2, 0.25) is 0 Å². The van der Waals surface area contributed by atoms with Crippen LogP contribution in [-0.4, -0.2) is 10.2 Å². The SMILES string of the molecule is Nc1nnc(-c2cccc(I)c2)s1. The summed E-state index contributed by atoms with van der Waals surface area (Å²) in [5.41, 5.74) is 6.57. The van der Waals surface area contributed by atoms with E-state index in [1.54, 1.807) is 0 Å². The molecule has 0 saturated carbocycles. The van der Waals surface area contributed by atoms with Crippen molar-refractivity contribution in [1.82, 2.24) is 10.2 Å². The quantitative estimate of drug-likeness (QED) is 0.823. The first-order valence-corrected chi connectivity index (χ1v) is 5.50. The van der Waals surface area contributed by atoms with Crippen molar-refractivity contribution < 1.29 is 0 Å². The van der Waals surface area contributed by atoms with Gasteiger partial charge in [-0.05, 0) is 34.7 Å². The normalized spacial score (nSPS) is 10.2. The van der Waals surface area contributed by atoms with Gasteiger partial charge < -0.3 is 5.73 Å². The molecule has 0 fully saturated rings. The fourth-order valence-electron chi connectivity index (χ4n) is 0.973. The number of halogens is 1. The highest BCUT2D eigenvalue weighted by Gasteiger charge is 2.03. The summed E-state index contributed by atoms with van der Waals surface area (Å²) < 4.78 is 1.18. The van der Waals surface area contributed by atoms with Crippen LogP contribution in [0.15, 0.2) is 24.3 Å². The Hall–Kier alpha value is -0.690. The van der Waals surface area contributed by atoms with E-state index in [0.29, 0.717) is 5.13 Å². The van der Waals surface area contributed by atoms with Crippen molar-refractivity contribution in [1.29, 1.82) is 0 Å². The highest BCUT2D eigenvalue weighted by molar-refractivity contribution is 14.1. The molecule has 0 radical (unpaired) electrons. The van der Waals surface area contributed by atoms with Gasteiger partial charge in [0.15, 0.2) is 0 Å². The van der Waals surface area contributed by atoms with Crippen molar-refractivity contribution in [3.63, 3.8) is 0 Å². The smallest absolute Gasteiger partial charge is 0.203 e. The number of hydrogen-bond donors (Lipinski definition) is 1. The van der Waals surface area contributed by atoms with Gasteiger partial charge in [0.1, 0.15) is 5.01 Å². The Kier molecular flexibility index (Phi) is 2.45. The van der Waals surface area contributed by atoms with E-state index in [-0.39, 0.29) is 0 Å². The molecule has 0 aliphatic heterocycles. The van der Waals surface area contributed by atoms with Gasteiger partial charge in [-0.3, -0.25) is 0 Å². The summed E-state index contributed by atoms with van der Waals surface area (Å²) in [5.74, 6) is 0. The minimum atomic E-state index is 0.508. The lowest BCUT2D eigenvalue weighted by molar-refractivity contribution is 1.10. The van der Waals surface area contributed by atoms with Crippen LogP contribution >= 0.6 is 33.9 Å². The average molecular weight is 303 g/mol. The summed E-state index contributed by atoms with van der Waals surface area (Å²) in [4.78, 5) is 0. The molecule has 0 spiro atoms. The number of anilines is 1. The number of aromatic nitrogens is 2. The molecule has 0 saturated heterocycles. The van der Waals surface area contributed by atoms with Crippen LogP contribution in [0.1, 0.15) is 0 Å². The molecule has 66 valence electrons. The minimum absolute atomic E-state index is 0.508. The number of hydrogen-bond acceptors (Lipinski definition) is 4. The van der Waals surface area contributed by atoms with Gasteiger partial charge in [0.05, 0.1) is 0 Å². The standard InChI is InChI=1S/C8H6IN3S/c9-6-3-1-2-5(4-6)7-11-12-8(10)13-7/h1-4H,(H2,10,12). The molecule has 0 amide bonds. The second-order valence-electron chi connectivity index (χ2n) is 2.46.